The fourth-order valence-electron chi connectivity index (χ4n) is 2.91. The molecule has 0 radical (unpaired) electrons. The Hall–Kier alpha value is -1.42. The molecule has 1 aromatic rings. The molecule has 0 saturated carbocycles. The Bertz CT molecular complexity index is 473. The molecule has 0 aromatic heterocycles. The van der Waals surface area contributed by atoms with E-state index < -0.39 is 5.97 Å². The van der Waals surface area contributed by atoms with E-state index in [1.54, 1.807) is 6.07 Å². The topological polar surface area (TPSA) is 40.5 Å². The van der Waals surface area contributed by atoms with E-state index in [0.29, 0.717) is 18.9 Å². The maximum absolute atomic E-state index is 13.7. The fourth-order valence-corrected chi connectivity index (χ4v) is 2.91. The van der Waals surface area contributed by atoms with E-state index in [1.807, 2.05) is 11.0 Å². The van der Waals surface area contributed by atoms with Crippen molar-refractivity contribution in [1.82, 2.24) is 4.90 Å². The maximum Gasteiger partial charge on any atom is 0.317 e. The van der Waals surface area contributed by atoms with Gasteiger partial charge in [0.25, 0.3) is 0 Å². The minimum atomic E-state index is -0.828. The number of hydrogen-bond acceptors (Lipinski definition) is 2. The summed E-state index contributed by atoms with van der Waals surface area (Å²) in [5.41, 5.74) is 1.72. The molecule has 0 aliphatic heterocycles. The van der Waals surface area contributed by atoms with Crippen molar-refractivity contribution in [2.45, 2.75) is 32.7 Å². The van der Waals surface area contributed by atoms with Crippen molar-refractivity contribution >= 4 is 5.97 Å². The van der Waals surface area contributed by atoms with Crippen LogP contribution >= 0.6 is 0 Å². The van der Waals surface area contributed by atoms with Crippen molar-refractivity contribution in [3.63, 3.8) is 0 Å². The van der Waals surface area contributed by atoms with Crippen LogP contribution < -0.4 is 0 Å². The zero-order chi connectivity index (χ0) is 14.0. The average molecular weight is 265 g/mol. The van der Waals surface area contributed by atoms with Crippen LogP contribution in [0.5, 0.6) is 0 Å². The van der Waals surface area contributed by atoms with Crippen molar-refractivity contribution in [3.8, 4) is 0 Å². The summed E-state index contributed by atoms with van der Waals surface area (Å²) < 4.78 is 13.7. The molecule has 0 heterocycles. The molecule has 0 amide bonds. The summed E-state index contributed by atoms with van der Waals surface area (Å²) in [5, 5.41) is 9.04. The van der Waals surface area contributed by atoms with Crippen LogP contribution in [0.25, 0.3) is 0 Å². The number of halogens is 1. The molecule has 4 heteroatoms. The molecule has 1 atom stereocenters. The predicted molar refractivity (Wildman–Crippen MR) is 71.5 cm³/mol. The smallest absolute Gasteiger partial charge is 0.317 e. The molecule has 0 saturated heterocycles. The summed E-state index contributed by atoms with van der Waals surface area (Å²) in [4.78, 5) is 13.0. The van der Waals surface area contributed by atoms with Crippen LogP contribution in [0, 0.1) is 11.7 Å². The zero-order valence-electron chi connectivity index (χ0n) is 11.4. The number of rotatable bonds is 5. The van der Waals surface area contributed by atoms with Gasteiger partial charge >= 0.3 is 5.97 Å². The van der Waals surface area contributed by atoms with Gasteiger partial charge in [-0.2, -0.15) is 0 Å². The zero-order valence-corrected chi connectivity index (χ0v) is 11.4. The quantitative estimate of drug-likeness (QED) is 0.890. The maximum atomic E-state index is 13.7. The molecule has 1 aromatic carbocycles. The van der Waals surface area contributed by atoms with E-state index in [1.165, 1.54) is 6.07 Å². The molecule has 1 unspecified atom stereocenters. The van der Waals surface area contributed by atoms with Crippen LogP contribution in [0.2, 0.25) is 0 Å². The Kier molecular flexibility index (Phi) is 4.20. The van der Waals surface area contributed by atoms with Gasteiger partial charge in [-0.05, 0) is 36.0 Å². The molecule has 3 nitrogen and oxygen atoms in total. The molecular weight excluding hydrogens is 245 g/mol. The highest BCUT2D eigenvalue weighted by molar-refractivity contribution is 5.69. The summed E-state index contributed by atoms with van der Waals surface area (Å²) in [7, 11) is 0. The lowest BCUT2D eigenvalue weighted by molar-refractivity contribution is -0.139. The molecule has 0 fully saturated rings. The van der Waals surface area contributed by atoms with E-state index in [2.05, 4.69) is 13.8 Å². The normalized spacial score (nSPS) is 18.1. The van der Waals surface area contributed by atoms with Gasteiger partial charge in [0.1, 0.15) is 5.82 Å². The monoisotopic (exact) mass is 265 g/mol. The van der Waals surface area contributed by atoms with Crippen LogP contribution in [-0.4, -0.2) is 29.1 Å². The lowest BCUT2D eigenvalue weighted by Gasteiger charge is -2.29. The third-order valence-corrected chi connectivity index (χ3v) is 3.56. The number of benzene rings is 1. The molecular formula is C15H20FNO2. The summed E-state index contributed by atoms with van der Waals surface area (Å²) in [6.07, 6.45) is 1.50. The second kappa shape index (κ2) is 5.70. The summed E-state index contributed by atoms with van der Waals surface area (Å²) >= 11 is 0. The third-order valence-electron chi connectivity index (χ3n) is 3.56. The van der Waals surface area contributed by atoms with Crippen molar-refractivity contribution in [3.05, 3.63) is 35.1 Å². The minimum absolute atomic E-state index is 0.0127. The summed E-state index contributed by atoms with van der Waals surface area (Å²) in [6.45, 7) is 4.86. The van der Waals surface area contributed by atoms with Gasteiger partial charge in [-0.1, -0.05) is 26.0 Å². The van der Waals surface area contributed by atoms with Gasteiger partial charge in [-0.3, -0.25) is 9.69 Å². The van der Waals surface area contributed by atoms with Crippen molar-refractivity contribution in [1.29, 1.82) is 0 Å². The van der Waals surface area contributed by atoms with Gasteiger partial charge in [-0.15, -0.1) is 0 Å². The van der Waals surface area contributed by atoms with Gasteiger partial charge in [0.05, 0.1) is 6.54 Å². The fraction of sp³-hybridized carbons (Fsp3) is 0.533. The molecule has 0 spiro atoms. The highest BCUT2D eigenvalue weighted by Gasteiger charge is 2.30. The Morgan fingerprint density at radius 1 is 1.53 bits per heavy atom. The average Bonchev–Trinajstić information content (AvgIpc) is 2.72. The van der Waals surface area contributed by atoms with E-state index in [0.717, 1.165) is 17.5 Å². The van der Waals surface area contributed by atoms with Crippen LogP contribution in [-0.2, 0) is 11.2 Å². The first-order valence-corrected chi connectivity index (χ1v) is 6.72. The number of carboxylic acids is 1. The van der Waals surface area contributed by atoms with Gasteiger partial charge in [-0.25, -0.2) is 4.39 Å². The Morgan fingerprint density at radius 3 is 2.89 bits per heavy atom. The number of hydrogen-bond donors (Lipinski definition) is 1. The van der Waals surface area contributed by atoms with E-state index in [-0.39, 0.29) is 18.4 Å². The second-order valence-electron chi connectivity index (χ2n) is 5.58. The molecule has 104 valence electrons. The van der Waals surface area contributed by atoms with E-state index in [9.17, 15) is 9.18 Å². The minimum Gasteiger partial charge on any atom is -0.480 e. The van der Waals surface area contributed by atoms with E-state index in [4.69, 9.17) is 5.11 Å². The highest BCUT2D eigenvalue weighted by Crippen LogP contribution is 2.37. The van der Waals surface area contributed by atoms with Crippen LogP contribution in [0.1, 0.15) is 37.4 Å². The van der Waals surface area contributed by atoms with Crippen molar-refractivity contribution < 1.29 is 14.3 Å². The first-order valence-electron chi connectivity index (χ1n) is 6.72. The summed E-state index contributed by atoms with van der Waals surface area (Å²) in [6, 6.07) is 5.14. The lowest BCUT2D eigenvalue weighted by atomic mass is 10.0. The SMILES string of the molecule is CC(C)CN(CC(=O)O)C1CCc2c(F)cccc21. The Morgan fingerprint density at radius 2 is 2.26 bits per heavy atom. The van der Waals surface area contributed by atoms with Crippen LogP contribution in [0.4, 0.5) is 4.39 Å². The van der Waals surface area contributed by atoms with Gasteiger partial charge in [0.15, 0.2) is 0 Å². The number of aliphatic carboxylic acids is 1. The number of fused-ring (bicyclic) bond motifs is 1. The van der Waals surface area contributed by atoms with Gasteiger partial charge < -0.3 is 5.11 Å². The first-order chi connectivity index (χ1) is 8.99. The molecule has 1 aliphatic rings. The molecule has 1 aliphatic carbocycles. The number of nitrogens with zero attached hydrogens (tertiary/aromatic N) is 1. The van der Waals surface area contributed by atoms with Gasteiger partial charge in [0.2, 0.25) is 0 Å². The third kappa shape index (κ3) is 3.13. The predicted octanol–water partition coefficient (Wildman–Crippen LogP) is 2.86. The number of carboxylic acid groups (broad SMARTS) is 1. The largest absolute Gasteiger partial charge is 0.480 e. The lowest BCUT2D eigenvalue weighted by Crippen LogP contribution is -2.35. The van der Waals surface area contributed by atoms with Gasteiger partial charge in [0, 0.05) is 12.6 Å². The Balaban J connectivity index is 2.25. The highest BCUT2D eigenvalue weighted by atomic mass is 19.1. The van der Waals surface area contributed by atoms with Crippen molar-refractivity contribution in [2.24, 2.45) is 5.92 Å². The standard InChI is InChI=1S/C15H20FNO2/c1-10(2)8-17(9-15(18)19)14-7-6-11-12(14)4-3-5-13(11)16/h3-5,10,14H,6-9H2,1-2H3,(H,18,19). The molecule has 2 rings (SSSR count). The van der Waals surface area contributed by atoms with Crippen molar-refractivity contribution in [2.75, 3.05) is 13.1 Å². The van der Waals surface area contributed by atoms with Crippen LogP contribution in [0.15, 0.2) is 18.2 Å². The molecule has 19 heavy (non-hydrogen) atoms. The summed E-state index contributed by atoms with van der Waals surface area (Å²) in [5.74, 6) is -0.609. The second-order valence-corrected chi connectivity index (χ2v) is 5.58. The number of carbonyl (C=O) groups is 1. The Labute approximate surface area is 113 Å². The van der Waals surface area contributed by atoms with E-state index >= 15 is 0 Å². The van der Waals surface area contributed by atoms with Crippen LogP contribution in [0.3, 0.4) is 0 Å². The molecule has 0 bridgehead atoms. The first kappa shape index (κ1) is 14.0. The molecule has 1 N–H and O–H groups in total.